The van der Waals surface area contributed by atoms with E-state index < -0.39 is 34.6 Å². The van der Waals surface area contributed by atoms with E-state index in [1.54, 1.807) is 39.0 Å². The van der Waals surface area contributed by atoms with Crippen LogP contribution in [0, 0.1) is 0 Å². The summed E-state index contributed by atoms with van der Waals surface area (Å²) >= 11 is 0. The minimum absolute atomic E-state index is 0.124. The second-order valence-corrected chi connectivity index (χ2v) is 11.0. The Balaban J connectivity index is 1.61. The van der Waals surface area contributed by atoms with Gasteiger partial charge in [0, 0.05) is 17.5 Å². The number of nitrogens with zero attached hydrogens (tertiary/aromatic N) is 1. The van der Waals surface area contributed by atoms with Crippen LogP contribution in [0.1, 0.15) is 61.5 Å². The molecule has 3 aromatic carbocycles. The number of alkyl halides is 3. The number of benzene rings is 3. The Morgan fingerprint density at radius 2 is 1.62 bits per heavy atom. The van der Waals surface area contributed by atoms with Gasteiger partial charge < -0.3 is 14.8 Å². The van der Waals surface area contributed by atoms with Crippen molar-refractivity contribution in [2.24, 2.45) is 0 Å². The van der Waals surface area contributed by atoms with Gasteiger partial charge in [0.15, 0.2) is 5.75 Å². The van der Waals surface area contributed by atoms with E-state index in [-0.39, 0.29) is 11.3 Å². The predicted octanol–water partition coefficient (Wildman–Crippen LogP) is 6.85. The molecule has 6 nitrogen and oxygen atoms in total. The highest BCUT2D eigenvalue weighted by Crippen LogP contribution is 2.43. The molecule has 1 saturated heterocycles. The van der Waals surface area contributed by atoms with Crippen molar-refractivity contribution in [2.75, 3.05) is 38.7 Å². The fraction of sp³-hybridized carbons (Fsp3) is 0.419. The molecule has 0 radical (unpaired) electrons. The summed E-state index contributed by atoms with van der Waals surface area (Å²) in [5.41, 5.74) is -1.45. The molecule has 0 spiro atoms. The molecule has 1 amide bonds. The largest absolute Gasteiger partial charge is 0.494 e. The molecule has 0 aromatic heterocycles. The van der Waals surface area contributed by atoms with Crippen molar-refractivity contribution in [3.05, 3.63) is 65.2 Å². The molecule has 0 saturated carbocycles. The molecule has 3 aromatic rings. The Kier molecular flexibility index (Phi) is 8.73. The summed E-state index contributed by atoms with van der Waals surface area (Å²) in [6.45, 7) is 8.67. The third-order valence-electron chi connectivity index (χ3n) is 7.16. The first-order valence-electron chi connectivity index (χ1n) is 13.4. The van der Waals surface area contributed by atoms with Gasteiger partial charge in [-0.15, -0.1) is 0 Å². The molecule has 4 rings (SSSR count). The normalized spacial score (nSPS) is 14.7. The highest BCUT2D eigenvalue weighted by molar-refractivity contribution is 6.48. The fourth-order valence-corrected chi connectivity index (χ4v) is 4.95. The van der Waals surface area contributed by atoms with Crippen molar-refractivity contribution in [1.82, 2.24) is 4.90 Å². The first-order valence-corrected chi connectivity index (χ1v) is 13.4. The summed E-state index contributed by atoms with van der Waals surface area (Å²) in [6.07, 6.45) is -1.10. The Bertz CT molecular complexity index is 1390. The molecule has 9 heteroatoms. The molecular weight excluding hydrogens is 521 g/mol. The van der Waals surface area contributed by atoms with Crippen molar-refractivity contribution in [1.29, 1.82) is 0 Å². The van der Waals surface area contributed by atoms with Gasteiger partial charge in [0.25, 0.3) is 11.7 Å². The number of ketones is 1. The highest BCUT2D eigenvalue weighted by atomic mass is 19.4. The third-order valence-corrected chi connectivity index (χ3v) is 7.16. The van der Waals surface area contributed by atoms with Crippen molar-refractivity contribution in [2.45, 2.75) is 51.6 Å². The highest BCUT2D eigenvalue weighted by Gasteiger charge is 2.37. The molecular formula is C31H35F3N2O4. The number of rotatable bonds is 8. The van der Waals surface area contributed by atoms with Crippen molar-refractivity contribution < 1.29 is 32.2 Å². The number of fused-ring (bicyclic) bond motifs is 1. The van der Waals surface area contributed by atoms with Crippen LogP contribution in [0.5, 0.6) is 11.5 Å². The molecule has 214 valence electrons. The zero-order chi connectivity index (χ0) is 29.1. The van der Waals surface area contributed by atoms with Gasteiger partial charge in [0.1, 0.15) is 12.4 Å². The van der Waals surface area contributed by atoms with Gasteiger partial charge in [-0.1, -0.05) is 51.5 Å². The molecule has 0 atom stereocenters. The summed E-state index contributed by atoms with van der Waals surface area (Å²) in [5.74, 6) is -1.91. The SMILES string of the molecule is COc1c(NC(=O)C(=O)c2ccc(OCCN3CCCCC3)c3ccccc23)cc(C(C)(C)C)cc1C(F)(F)F. The molecule has 1 aliphatic rings. The summed E-state index contributed by atoms with van der Waals surface area (Å²) in [7, 11) is 1.09. The van der Waals surface area contributed by atoms with E-state index >= 15 is 0 Å². The van der Waals surface area contributed by atoms with Crippen LogP contribution in [0.15, 0.2) is 48.5 Å². The van der Waals surface area contributed by atoms with Gasteiger partial charge in [0.2, 0.25) is 0 Å². The van der Waals surface area contributed by atoms with Gasteiger partial charge >= 0.3 is 6.18 Å². The van der Waals surface area contributed by atoms with Crippen LogP contribution in [0.4, 0.5) is 18.9 Å². The molecule has 1 N–H and O–H groups in total. The third kappa shape index (κ3) is 6.58. The molecule has 40 heavy (non-hydrogen) atoms. The molecule has 0 bridgehead atoms. The maximum Gasteiger partial charge on any atom is 0.420 e. The van der Waals surface area contributed by atoms with Crippen LogP contribution < -0.4 is 14.8 Å². The number of likely N-dealkylation sites (tertiary alicyclic amines) is 1. The van der Waals surface area contributed by atoms with E-state index in [2.05, 4.69) is 10.2 Å². The maximum absolute atomic E-state index is 13.9. The number of nitrogens with one attached hydrogen (secondary N) is 1. The lowest BCUT2D eigenvalue weighted by molar-refractivity contribution is -0.138. The Hall–Kier alpha value is -3.59. The summed E-state index contributed by atoms with van der Waals surface area (Å²) < 4.78 is 52.7. The van der Waals surface area contributed by atoms with E-state index in [0.717, 1.165) is 32.8 Å². The van der Waals surface area contributed by atoms with Crippen LogP contribution in [-0.4, -0.2) is 49.9 Å². The van der Waals surface area contributed by atoms with Gasteiger partial charge in [0.05, 0.1) is 18.4 Å². The van der Waals surface area contributed by atoms with Crippen LogP contribution in [-0.2, 0) is 16.4 Å². The van der Waals surface area contributed by atoms with Crippen LogP contribution in [0.3, 0.4) is 0 Å². The van der Waals surface area contributed by atoms with Crippen molar-refractivity contribution in [3.63, 3.8) is 0 Å². The van der Waals surface area contributed by atoms with Gasteiger partial charge in [-0.25, -0.2) is 0 Å². The second-order valence-electron chi connectivity index (χ2n) is 11.0. The van der Waals surface area contributed by atoms with Crippen LogP contribution in [0.25, 0.3) is 10.8 Å². The summed E-state index contributed by atoms with van der Waals surface area (Å²) in [4.78, 5) is 28.8. The lowest BCUT2D eigenvalue weighted by Gasteiger charge is -2.26. The number of methoxy groups -OCH3 is 1. The minimum Gasteiger partial charge on any atom is -0.494 e. The van der Waals surface area contributed by atoms with E-state index in [0.29, 0.717) is 28.7 Å². The van der Waals surface area contributed by atoms with Crippen molar-refractivity contribution >= 4 is 28.2 Å². The minimum atomic E-state index is -4.73. The van der Waals surface area contributed by atoms with Gasteiger partial charge in [-0.3, -0.25) is 14.5 Å². The molecule has 0 aliphatic carbocycles. The fourth-order valence-electron chi connectivity index (χ4n) is 4.95. The topological polar surface area (TPSA) is 67.9 Å². The van der Waals surface area contributed by atoms with E-state index in [9.17, 15) is 22.8 Å². The first-order chi connectivity index (χ1) is 18.9. The van der Waals surface area contributed by atoms with Gasteiger partial charge in [-0.05, 0) is 66.6 Å². The number of hydrogen-bond donors (Lipinski definition) is 1. The Morgan fingerprint density at radius 3 is 2.25 bits per heavy atom. The zero-order valence-corrected chi connectivity index (χ0v) is 23.3. The number of carbonyl (C=O) groups is 2. The molecule has 1 heterocycles. The lowest BCUT2D eigenvalue weighted by atomic mass is 9.85. The number of piperidine rings is 1. The standard InChI is InChI=1S/C31H35F3N2O4/c1-30(2,3)20-18-24(31(32,33)34)28(39-4)25(19-20)35-29(38)27(37)23-12-13-26(22-11-7-6-10-21(22)23)40-17-16-36-14-8-5-9-15-36/h6-7,10-13,18-19H,5,8-9,14-17H2,1-4H3,(H,35,38). The predicted molar refractivity (Wildman–Crippen MR) is 149 cm³/mol. The molecule has 1 fully saturated rings. The van der Waals surface area contributed by atoms with Crippen LogP contribution in [0.2, 0.25) is 0 Å². The quantitative estimate of drug-likeness (QED) is 0.243. The van der Waals surface area contributed by atoms with E-state index in [4.69, 9.17) is 9.47 Å². The van der Waals surface area contributed by atoms with Gasteiger partial charge in [-0.2, -0.15) is 13.2 Å². The average Bonchev–Trinajstić information content (AvgIpc) is 2.92. The first kappa shape index (κ1) is 29.4. The van der Waals surface area contributed by atoms with E-state index in [1.807, 2.05) is 12.1 Å². The van der Waals surface area contributed by atoms with E-state index in [1.165, 1.54) is 31.4 Å². The van der Waals surface area contributed by atoms with Crippen molar-refractivity contribution in [3.8, 4) is 11.5 Å². The number of carbonyl (C=O) groups excluding carboxylic acids is 2. The number of amides is 1. The number of ether oxygens (including phenoxy) is 2. The summed E-state index contributed by atoms with van der Waals surface area (Å²) in [6, 6.07) is 12.7. The number of hydrogen-bond acceptors (Lipinski definition) is 5. The maximum atomic E-state index is 13.9. The van der Waals surface area contributed by atoms with Crippen LogP contribution >= 0.6 is 0 Å². The molecule has 0 unspecified atom stereocenters. The zero-order valence-electron chi connectivity index (χ0n) is 23.3. The summed E-state index contributed by atoms with van der Waals surface area (Å²) in [5, 5.41) is 3.58. The average molecular weight is 557 g/mol. The molecule has 1 aliphatic heterocycles. The smallest absolute Gasteiger partial charge is 0.420 e. The lowest BCUT2D eigenvalue weighted by Crippen LogP contribution is -2.33. The number of halogens is 3. The second kappa shape index (κ2) is 11.9. The Labute approximate surface area is 232 Å². The Morgan fingerprint density at radius 1 is 0.950 bits per heavy atom. The number of Topliss-reactive ketones (excluding diaryl/α,β-unsaturated/α-hetero) is 1. The monoisotopic (exact) mass is 556 g/mol. The number of anilines is 1.